The molecule has 1 N–H and O–H groups in total. The average molecular weight is 297 g/mol. The van der Waals surface area contributed by atoms with Crippen LogP contribution in [0.3, 0.4) is 0 Å². The maximum atomic E-state index is 6.28. The zero-order valence-corrected chi connectivity index (χ0v) is 13.5. The Kier molecular flexibility index (Phi) is 5.70. The summed E-state index contributed by atoms with van der Waals surface area (Å²) in [5.41, 5.74) is 2.70. The van der Waals surface area contributed by atoms with Crippen molar-refractivity contribution in [2.75, 3.05) is 39.8 Å². The molecule has 0 unspecified atom stereocenters. The lowest BCUT2D eigenvalue weighted by atomic mass is 9.94. The number of hydrogen-bond donors (Lipinski definition) is 1. The van der Waals surface area contributed by atoms with Crippen molar-refractivity contribution >= 4 is 11.6 Å². The van der Waals surface area contributed by atoms with Crippen LogP contribution in [-0.4, -0.2) is 44.7 Å². The number of hydrogen-bond acceptors (Lipinski definition) is 3. The van der Waals surface area contributed by atoms with E-state index in [9.17, 15) is 0 Å². The van der Waals surface area contributed by atoms with Gasteiger partial charge in [-0.2, -0.15) is 0 Å². The Morgan fingerprint density at radius 3 is 2.60 bits per heavy atom. The van der Waals surface area contributed by atoms with Gasteiger partial charge in [0.05, 0.1) is 12.1 Å². The number of rotatable bonds is 5. The van der Waals surface area contributed by atoms with Crippen molar-refractivity contribution in [1.82, 2.24) is 10.2 Å². The van der Waals surface area contributed by atoms with E-state index in [2.05, 4.69) is 36.2 Å². The maximum absolute atomic E-state index is 6.28. The van der Waals surface area contributed by atoms with Gasteiger partial charge in [-0.05, 0) is 35.6 Å². The Labute approximate surface area is 127 Å². The molecule has 1 aliphatic rings. The van der Waals surface area contributed by atoms with Crippen LogP contribution in [0.15, 0.2) is 12.1 Å². The summed E-state index contributed by atoms with van der Waals surface area (Å²) in [5.74, 6) is 1.26. The number of nitrogens with one attached hydrogen (secondary N) is 1. The Balaban J connectivity index is 2.10. The molecule has 112 valence electrons. The predicted octanol–water partition coefficient (Wildman–Crippen LogP) is 2.92. The van der Waals surface area contributed by atoms with Crippen molar-refractivity contribution in [3.8, 4) is 5.75 Å². The maximum Gasteiger partial charge on any atom is 0.137 e. The molecule has 1 saturated heterocycles. The highest BCUT2D eigenvalue weighted by Crippen LogP contribution is 2.32. The molecule has 0 amide bonds. The quantitative estimate of drug-likeness (QED) is 0.904. The highest BCUT2D eigenvalue weighted by atomic mass is 35.5. The van der Waals surface area contributed by atoms with Gasteiger partial charge in [-0.15, -0.1) is 0 Å². The molecular formula is C16H25ClN2O. The topological polar surface area (TPSA) is 24.5 Å². The molecule has 2 rings (SSSR count). The van der Waals surface area contributed by atoms with Gasteiger partial charge >= 0.3 is 0 Å². The molecule has 3 nitrogen and oxygen atoms in total. The normalized spacial score (nSPS) is 16.6. The highest BCUT2D eigenvalue weighted by molar-refractivity contribution is 6.32. The molecule has 0 radical (unpaired) electrons. The van der Waals surface area contributed by atoms with Crippen LogP contribution in [0.4, 0.5) is 0 Å². The van der Waals surface area contributed by atoms with Gasteiger partial charge in [0.2, 0.25) is 0 Å². The first-order valence-corrected chi connectivity index (χ1v) is 7.79. The summed E-state index contributed by atoms with van der Waals surface area (Å²) >= 11 is 6.28. The number of halogens is 1. The molecule has 0 saturated carbocycles. The average Bonchev–Trinajstić information content (AvgIpc) is 2.46. The van der Waals surface area contributed by atoms with Crippen molar-refractivity contribution in [2.24, 2.45) is 0 Å². The van der Waals surface area contributed by atoms with Gasteiger partial charge in [-0.1, -0.05) is 25.4 Å². The van der Waals surface area contributed by atoms with Crippen LogP contribution < -0.4 is 10.1 Å². The lowest BCUT2D eigenvalue weighted by Gasteiger charge is -2.27. The van der Waals surface area contributed by atoms with E-state index in [0.29, 0.717) is 10.9 Å². The minimum Gasteiger partial charge on any atom is -0.495 e. The Morgan fingerprint density at radius 1 is 1.30 bits per heavy atom. The van der Waals surface area contributed by atoms with E-state index < -0.39 is 0 Å². The van der Waals surface area contributed by atoms with Crippen molar-refractivity contribution in [3.05, 3.63) is 28.3 Å². The number of ether oxygens (including phenoxy) is 1. The van der Waals surface area contributed by atoms with Gasteiger partial charge in [0.1, 0.15) is 5.75 Å². The molecule has 1 aromatic rings. The van der Waals surface area contributed by atoms with Crippen molar-refractivity contribution in [1.29, 1.82) is 0 Å². The molecule has 1 aliphatic heterocycles. The third kappa shape index (κ3) is 3.87. The van der Waals surface area contributed by atoms with Gasteiger partial charge in [0.25, 0.3) is 0 Å². The van der Waals surface area contributed by atoms with Crippen LogP contribution in [0, 0.1) is 0 Å². The largest absolute Gasteiger partial charge is 0.495 e. The monoisotopic (exact) mass is 296 g/mol. The molecule has 20 heavy (non-hydrogen) atoms. The third-order valence-electron chi connectivity index (χ3n) is 3.94. The molecule has 1 aromatic carbocycles. The SMILES string of the molecule is COc1cc(C(C)C)c(CCN2CCNCC2)cc1Cl. The number of piperazine rings is 1. The van der Waals surface area contributed by atoms with Crippen LogP contribution in [0.5, 0.6) is 5.75 Å². The zero-order chi connectivity index (χ0) is 14.5. The summed E-state index contributed by atoms with van der Waals surface area (Å²) in [5, 5.41) is 4.10. The van der Waals surface area contributed by atoms with Crippen LogP contribution >= 0.6 is 11.6 Å². The Hall–Kier alpha value is -0.770. The second-order valence-corrected chi connectivity index (χ2v) is 6.09. The fourth-order valence-electron chi connectivity index (χ4n) is 2.73. The molecule has 0 atom stereocenters. The van der Waals surface area contributed by atoms with E-state index in [4.69, 9.17) is 16.3 Å². The minimum absolute atomic E-state index is 0.485. The van der Waals surface area contributed by atoms with Crippen LogP contribution in [0.2, 0.25) is 5.02 Å². The van der Waals surface area contributed by atoms with Gasteiger partial charge in [0.15, 0.2) is 0 Å². The molecule has 0 aromatic heterocycles. The number of methoxy groups -OCH3 is 1. The third-order valence-corrected chi connectivity index (χ3v) is 4.24. The Bertz CT molecular complexity index is 442. The summed E-state index contributed by atoms with van der Waals surface area (Å²) in [6, 6.07) is 4.18. The van der Waals surface area contributed by atoms with E-state index >= 15 is 0 Å². The number of benzene rings is 1. The lowest BCUT2D eigenvalue weighted by molar-refractivity contribution is 0.243. The van der Waals surface area contributed by atoms with E-state index in [-0.39, 0.29) is 0 Å². The Morgan fingerprint density at radius 2 is 2.00 bits per heavy atom. The molecule has 0 aliphatic carbocycles. The van der Waals surface area contributed by atoms with Crippen molar-refractivity contribution in [2.45, 2.75) is 26.2 Å². The van der Waals surface area contributed by atoms with Crippen molar-refractivity contribution in [3.63, 3.8) is 0 Å². The molecular weight excluding hydrogens is 272 g/mol. The van der Waals surface area contributed by atoms with Gasteiger partial charge in [-0.3, -0.25) is 0 Å². The predicted molar refractivity (Wildman–Crippen MR) is 85.1 cm³/mol. The summed E-state index contributed by atoms with van der Waals surface area (Å²) in [6.07, 6.45) is 1.05. The number of nitrogens with zero attached hydrogens (tertiary/aromatic N) is 1. The fourth-order valence-corrected chi connectivity index (χ4v) is 3.00. The lowest BCUT2D eigenvalue weighted by Crippen LogP contribution is -2.44. The van der Waals surface area contributed by atoms with Crippen LogP contribution in [0.1, 0.15) is 30.9 Å². The van der Waals surface area contributed by atoms with E-state index in [1.807, 2.05) is 0 Å². The standard InChI is InChI=1S/C16H25ClN2O/c1-12(2)14-11-16(20-3)15(17)10-13(14)4-7-19-8-5-18-6-9-19/h10-12,18H,4-9H2,1-3H3. The van der Waals surface area contributed by atoms with Crippen LogP contribution in [-0.2, 0) is 6.42 Å². The summed E-state index contributed by atoms with van der Waals surface area (Å²) in [7, 11) is 1.67. The van der Waals surface area contributed by atoms with Gasteiger partial charge < -0.3 is 15.0 Å². The zero-order valence-electron chi connectivity index (χ0n) is 12.7. The first kappa shape index (κ1) is 15.6. The fraction of sp³-hybridized carbons (Fsp3) is 0.625. The second kappa shape index (κ2) is 7.30. The smallest absolute Gasteiger partial charge is 0.137 e. The first-order valence-electron chi connectivity index (χ1n) is 7.41. The van der Waals surface area contributed by atoms with Gasteiger partial charge in [0, 0.05) is 32.7 Å². The summed E-state index contributed by atoms with van der Waals surface area (Å²) in [4.78, 5) is 2.51. The van der Waals surface area contributed by atoms with E-state index in [1.54, 1.807) is 7.11 Å². The first-order chi connectivity index (χ1) is 9.61. The molecule has 0 spiro atoms. The van der Waals surface area contributed by atoms with Crippen LogP contribution in [0.25, 0.3) is 0 Å². The molecule has 1 heterocycles. The van der Waals surface area contributed by atoms with Gasteiger partial charge in [-0.25, -0.2) is 0 Å². The molecule has 1 fully saturated rings. The minimum atomic E-state index is 0.485. The molecule has 0 bridgehead atoms. The second-order valence-electron chi connectivity index (χ2n) is 5.68. The summed E-state index contributed by atoms with van der Waals surface area (Å²) < 4.78 is 5.33. The summed E-state index contributed by atoms with van der Waals surface area (Å²) in [6.45, 7) is 10.0. The highest BCUT2D eigenvalue weighted by Gasteiger charge is 2.14. The molecule has 4 heteroatoms. The van der Waals surface area contributed by atoms with E-state index in [1.165, 1.54) is 11.1 Å². The van der Waals surface area contributed by atoms with Crippen molar-refractivity contribution < 1.29 is 4.74 Å². The van der Waals surface area contributed by atoms with E-state index in [0.717, 1.165) is 44.9 Å².